The number of carbonyl (C=O) groups is 1. The zero-order valence-electron chi connectivity index (χ0n) is 10.6. The van der Waals surface area contributed by atoms with Gasteiger partial charge in [0.05, 0.1) is 24.4 Å². The minimum absolute atomic E-state index is 0.124. The van der Waals surface area contributed by atoms with Gasteiger partial charge in [-0.15, -0.1) is 0 Å². The standard InChI is InChI=1S/C12H16ClN3O2/c1-8-9(11(13)15(3)14-8)4-5-10(17)16-6-12(2,18)7-16/h4-5,18H,6-7H2,1-3H3. The van der Waals surface area contributed by atoms with Crippen molar-refractivity contribution in [2.75, 3.05) is 13.1 Å². The fourth-order valence-electron chi connectivity index (χ4n) is 2.03. The largest absolute Gasteiger partial charge is 0.386 e. The van der Waals surface area contributed by atoms with Crippen molar-refractivity contribution < 1.29 is 9.90 Å². The molecule has 0 bridgehead atoms. The van der Waals surface area contributed by atoms with Crippen molar-refractivity contribution in [2.45, 2.75) is 19.4 Å². The maximum absolute atomic E-state index is 11.8. The number of amides is 1. The highest BCUT2D eigenvalue weighted by Crippen LogP contribution is 2.22. The highest BCUT2D eigenvalue weighted by molar-refractivity contribution is 6.31. The average molecular weight is 270 g/mol. The molecule has 18 heavy (non-hydrogen) atoms. The molecule has 0 spiro atoms. The highest BCUT2D eigenvalue weighted by atomic mass is 35.5. The monoisotopic (exact) mass is 269 g/mol. The SMILES string of the molecule is Cc1nn(C)c(Cl)c1C=CC(=O)N1CC(C)(O)C1. The zero-order chi connectivity index (χ0) is 13.5. The summed E-state index contributed by atoms with van der Waals surface area (Å²) in [6, 6.07) is 0. The number of aryl methyl sites for hydroxylation is 2. The zero-order valence-corrected chi connectivity index (χ0v) is 11.4. The van der Waals surface area contributed by atoms with E-state index < -0.39 is 5.60 Å². The molecule has 1 fully saturated rings. The maximum Gasteiger partial charge on any atom is 0.246 e. The van der Waals surface area contributed by atoms with E-state index in [2.05, 4.69) is 5.10 Å². The van der Waals surface area contributed by atoms with E-state index in [1.165, 1.54) is 6.08 Å². The van der Waals surface area contributed by atoms with Crippen molar-refractivity contribution >= 4 is 23.6 Å². The summed E-state index contributed by atoms with van der Waals surface area (Å²) in [5.41, 5.74) is 0.785. The number of hydrogen-bond acceptors (Lipinski definition) is 3. The second-order valence-corrected chi connectivity index (χ2v) is 5.30. The molecule has 1 saturated heterocycles. The van der Waals surface area contributed by atoms with Gasteiger partial charge in [-0.3, -0.25) is 9.48 Å². The molecular formula is C12H16ClN3O2. The van der Waals surface area contributed by atoms with Gasteiger partial charge < -0.3 is 10.0 Å². The van der Waals surface area contributed by atoms with Gasteiger partial charge in [0.15, 0.2) is 0 Å². The predicted molar refractivity (Wildman–Crippen MR) is 69.2 cm³/mol. The Bertz CT molecular complexity index is 512. The van der Waals surface area contributed by atoms with Gasteiger partial charge in [0.25, 0.3) is 0 Å². The van der Waals surface area contributed by atoms with E-state index in [4.69, 9.17) is 11.6 Å². The van der Waals surface area contributed by atoms with Gasteiger partial charge >= 0.3 is 0 Å². The van der Waals surface area contributed by atoms with Crippen LogP contribution in [0.3, 0.4) is 0 Å². The van der Waals surface area contributed by atoms with Gasteiger partial charge in [-0.2, -0.15) is 5.10 Å². The number of carbonyl (C=O) groups excluding carboxylic acids is 1. The number of likely N-dealkylation sites (tertiary alicyclic amines) is 1. The van der Waals surface area contributed by atoms with E-state index in [1.54, 1.807) is 29.6 Å². The lowest BCUT2D eigenvalue weighted by Crippen LogP contribution is -2.61. The number of hydrogen-bond donors (Lipinski definition) is 1. The first-order valence-electron chi connectivity index (χ1n) is 5.68. The molecule has 1 aromatic heterocycles. The lowest BCUT2D eigenvalue weighted by atomic mass is 9.97. The third-order valence-corrected chi connectivity index (χ3v) is 3.41. The number of rotatable bonds is 2. The van der Waals surface area contributed by atoms with E-state index in [0.29, 0.717) is 18.2 Å². The predicted octanol–water partition coefficient (Wildman–Crippen LogP) is 0.988. The minimum atomic E-state index is -0.745. The fourth-order valence-corrected chi connectivity index (χ4v) is 2.27. The van der Waals surface area contributed by atoms with E-state index >= 15 is 0 Å². The number of halogens is 1. The Morgan fingerprint density at radius 1 is 1.56 bits per heavy atom. The summed E-state index contributed by atoms with van der Waals surface area (Å²) in [5.74, 6) is -0.124. The summed E-state index contributed by atoms with van der Waals surface area (Å²) in [4.78, 5) is 13.4. The van der Waals surface area contributed by atoms with E-state index in [0.717, 1.165) is 11.3 Å². The van der Waals surface area contributed by atoms with Crippen LogP contribution in [0.15, 0.2) is 6.08 Å². The van der Waals surface area contributed by atoms with Crippen molar-refractivity contribution in [3.05, 3.63) is 22.5 Å². The van der Waals surface area contributed by atoms with Crippen LogP contribution in [0.2, 0.25) is 5.15 Å². The van der Waals surface area contributed by atoms with Crippen LogP contribution in [-0.2, 0) is 11.8 Å². The van der Waals surface area contributed by atoms with Crippen molar-refractivity contribution in [1.29, 1.82) is 0 Å². The Morgan fingerprint density at radius 2 is 2.17 bits per heavy atom. The molecule has 2 heterocycles. The first-order chi connectivity index (χ1) is 8.30. The summed E-state index contributed by atoms with van der Waals surface area (Å²) < 4.78 is 1.56. The molecule has 1 N–H and O–H groups in total. The first kappa shape index (κ1) is 13.1. The summed E-state index contributed by atoms with van der Waals surface area (Å²) in [6.07, 6.45) is 3.13. The Morgan fingerprint density at radius 3 is 2.61 bits per heavy atom. The summed E-state index contributed by atoms with van der Waals surface area (Å²) in [7, 11) is 1.75. The molecule has 0 aliphatic carbocycles. The number of nitrogens with zero attached hydrogens (tertiary/aromatic N) is 3. The van der Waals surface area contributed by atoms with Gasteiger partial charge in [-0.1, -0.05) is 11.6 Å². The van der Waals surface area contributed by atoms with Crippen LogP contribution in [0.1, 0.15) is 18.2 Å². The minimum Gasteiger partial charge on any atom is -0.386 e. The van der Waals surface area contributed by atoms with Gasteiger partial charge in [0.2, 0.25) is 5.91 Å². The van der Waals surface area contributed by atoms with E-state index in [-0.39, 0.29) is 5.91 Å². The van der Waals surface area contributed by atoms with Crippen molar-refractivity contribution in [3.63, 3.8) is 0 Å². The molecule has 1 aliphatic rings. The lowest BCUT2D eigenvalue weighted by Gasteiger charge is -2.43. The number of aromatic nitrogens is 2. The van der Waals surface area contributed by atoms with Gasteiger partial charge in [0.1, 0.15) is 5.15 Å². The van der Waals surface area contributed by atoms with Crippen LogP contribution in [0.25, 0.3) is 6.08 Å². The van der Waals surface area contributed by atoms with Crippen LogP contribution in [0.4, 0.5) is 0 Å². The van der Waals surface area contributed by atoms with Gasteiger partial charge in [-0.25, -0.2) is 0 Å². The van der Waals surface area contributed by atoms with Crippen LogP contribution < -0.4 is 0 Å². The van der Waals surface area contributed by atoms with Crippen LogP contribution >= 0.6 is 11.6 Å². The average Bonchev–Trinajstić information content (AvgIpc) is 2.47. The van der Waals surface area contributed by atoms with Crippen molar-refractivity contribution in [1.82, 2.24) is 14.7 Å². The Kier molecular flexibility index (Phi) is 3.21. The summed E-state index contributed by atoms with van der Waals surface area (Å²) in [6.45, 7) is 4.29. The molecule has 1 aromatic rings. The normalized spacial score (nSPS) is 18.2. The van der Waals surface area contributed by atoms with E-state index in [1.807, 2.05) is 6.92 Å². The van der Waals surface area contributed by atoms with Crippen LogP contribution in [0.5, 0.6) is 0 Å². The quantitative estimate of drug-likeness (QED) is 0.815. The second-order valence-electron chi connectivity index (χ2n) is 4.94. The molecule has 0 atom stereocenters. The Balaban J connectivity index is 2.05. The van der Waals surface area contributed by atoms with Gasteiger partial charge in [-0.05, 0) is 19.9 Å². The van der Waals surface area contributed by atoms with Gasteiger partial charge in [0, 0.05) is 18.7 Å². The molecule has 6 heteroatoms. The molecule has 1 aliphatic heterocycles. The molecule has 5 nitrogen and oxygen atoms in total. The Labute approximate surface area is 111 Å². The summed E-state index contributed by atoms with van der Waals surface area (Å²) in [5, 5.41) is 14.2. The smallest absolute Gasteiger partial charge is 0.246 e. The Hall–Kier alpha value is -1.33. The lowest BCUT2D eigenvalue weighted by molar-refractivity contribution is -0.146. The van der Waals surface area contributed by atoms with Crippen LogP contribution in [-0.4, -0.2) is 44.4 Å². The molecule has 0 saturated carbocycles. The second kappa shape index (κ2) is 4.40. The van der Waals surface area contributed by atoms with Crippen LogP contribution in [0, 0.1) is 6.92 Å². The fraction of sp³-hybridized carbons (Fsp3) is 0.500. The maximum atomic E-state index is 11.8. The molecule has 98 valence electrons. The highest BCUT2D eigenvalue weighted by Gasteiger charge is 2.38. The van der Waals surface area contributed by atoms with Crippen molar-refractivity contribution in [3.8, 4) is 0 Å². The molecule has 0 radical (unpaired) electrons. The molecular weight excluding hydrogens is 254 g/mol. The number of aliphatic hydroxyl groups is 1. The molecule has 1 amide bonds. The first-order valence-corrected chi connectivity index (χ1v) is 6.06. The molecule has 0 unspecified atom stereocenters. The third-order valence-electron chi connectivity index (χ3n) is 2.96. The number of β-amino-alcohol motifs (C(OH)–C–C–N with tert-alkyl or cyclic N) is 1. The van der Waals surface area contributed by atoms with Crippen molar-refractivity contribution in [2.24, 2.45) is 7.05 Å². The third kappa shape index (κ3) is 2.42. The molecule has 2 rings (SSSR count). The molecule has 0 aromatic carbocycles. The van der Waals surface area contributed by atoms with E-state index in [9.17, 15) is 9.90 Å². The summed E-state index contributed by atoms with van der Waals surface area (Å²) >= 11 is 6.05. The topological polar surface area (TPSA) is 58.4 Å².